The number of carbonyl (C=O) groups excluding carboxylic acids is 2. The fourth-order valence-electron chi connectivity index (χ4n) is 0.874. The van der Waals surface area contributed by atoms with Gasteiger partial charge in [-0.3, -0.25) is 9.35 Å². The van der Waals surface area contributed by atoms with Crippen molar-refractivity contribution < 1.29 is 54.0 Å². The molecular formula is C8H8F5NO7S. The number of halogens is 5. The zero-order chi connectivity index (χ0) is 18.0. The zero-order valence-electron chi connectivity index (χ0n) is 10.3. The third-order valence-corrected chi connectivity index (χ3v) is 2.80. The number of esters is 1. The maximum absolute atomic E-state index is 12.9. The van der Waals surface area contributed by atoms with Gasteiger partial charge in [0.15, 0.2) is 0 Å². The SMILES string of the molecule is C=CC(=O)OC(OCC(F)(F)S(=O)(=O)O)(C(N)=O)C(F)(F)F. The standard InChI is InChI=1S/C8H8F5NO7S/c1-2-4(15)21-7(5(14)16,8(11,12)13)20-3-6(9,10)22(17,18)19/h2H,1,3H2,(H2,14,16)(H,17,18,19). The van der Waals surface area contributed by atoms with Crippen LogP contribution in [0.4, 0.5) is 22.0 Å². The van der Waals surface area contributed by atoms with Crippen molar-refractivity contribution in [2.75, 3.05) is 6.61 Å². The van der Waals surface area contributed by atoms with Crippen molar-refractivity contribution in [2.45, 2.75) is 17.2 Å². The van der Waals surface area contributed by atoms with Crippen molar-refractivity contribution in [2.24, 2.45) is 5.73 Å². The van der Waals surface area contributed by atoms with E-state index in [9.17, 15) is 40.0 Å². The van der Waals surface area contributed by atoms with E-state index >= 15 is 0 Å². The van der Waals surface area contributed by atoms with Gasteiger partial charge < -0.3 is 15.2 Å². The van der Waals surface area contributed by atoms with Gasteiger partial charge in [-0.25, -0.2) is 4.79 Å². The Labute approximate surface area is 119 Å². The molecule has 0 rings (SSSR count). The molecule has 0 aromatic rings. The Morgan fingerprint density at radius 3 is 1.95 bits per heavy atom. The molecule has 0 aromatic heterocycles. The van der Waals surface area contributed by atoms with Crippen LogP contribution in [-0.2, 0) is 29.2 Å². The Morgan fingerprint density at radius 1 is 1.23 bits per heavy atom. The first kappa shape index (κ1) is 20.2. The highest BCUT2D eigenvalue weighted by molar-refractivity contribution is 7.86. The lowest BCUT2D eigenvalue weighted by Crippen LogP contribution is -2.61. The van der Waals surface area contributed by atoms with E-state index in [4.69, 9.17) is 4.55 Å². The van der Waals surface area contributed by atoms with Crippen molar-refractivity contribution in [3.63, 3.8) is 0 Å². The first-order chi connectivity index (χ1) is 9.60. The lowest BCUT2D eigenvalue weighted by molar-refractivity contribution is -0.351. The Bertz CT molecular complexity index is 572. The summed E-state index contributed by atoms with van der Waals surface area (Å²) in [5, 5.41) is -5.24. The number of rotatable bonds is 7. The van der Waals surface area contributed by atoms with E-state index < -0.39 is 45.8 Å². The molecule has 0 spiro atoms. The first-order valence-electron chi connectivity index (χ1n) is 4.81. The lowest BCUT2D eigenvalue weighted by Gasteiger charge is -2.31. The predicted molar refractivity (Wildman–Crippen MR) is 56.7 cm³/mol. The van der Waals surface area contributed by atoms with Crippen LogP contribution >= 0.6 is 0 Å². The highest BCUT2D eigenvalue weighted by Crippen LogP contribution is 2.37. The molecule has 0 saturated heterocycles. The summed E-state index contributed by atoms with van der Waals surface area (Å²) < 4.78 is 99.8. The van der Waals surface area contributed by atoms with Gasteiger partial charge in [0.1, 0.15) is 6.61 Å². The second-order valence-electron chi connectivity index (χ2n) is 3.50. The minimum Gasteiger partial charge on any atom is -0.412 e. The van der Waals surface area contributed by atoms with Crippen molar-refractivity contribution in [1.29, 1.82) is 0 Å². The molecule has 0 radical (unpaired) electrons. The maximum Gasteiger partial charge on any atom is 0.466 e. The van der Waals surface area contributed by atoms with Gasteiger partial charge in [0.05, 0.1) is 0 Å². The predicted octanol–water partition coefficient (Wildman–Crippen LogP) is -0.0433. The fraction of sp³-hybridized carbons (Fsp3) is 0.500. The minimum atomic E-state index is -6.17. The zero-order valence-corrected chi connectivity index (χ0v) is 11.1. The molecule has 0 aliphatic heterocycles. The normalized spacial score (nSPS) is 15.7. The van der Waals surface area contributed by atoms with Crippen LogP contribution in [0.3, 0.4) is 0 Å². The topological polar surface area (TPSA) is 133 Å². The fourth-order valence-corrected chi connectivity index (χ4v) is 1.08. The summed E-state index contributed by atoms with van der Waals surface area (Å²) in [6, 6.07) is 0. The van der Waals surface area contributed by atoms with Crippen LogP contribution < -0.4 is 5.73 Å². The van der Waals surface area contributed by atoms with Crippen molar-refractivity contribution in [1.82, 2.24) is 0 Å². The van der Waals surface area contributed by atoms with E-state index in [2.05, 4.69) is 21.8 Å². The Balaban J connectivity index is 5.75. The summed E-state index contributed by atoms with van der Waals surface area (Å²) in [6.45, 7) is 0.0189. The summed E-state index contributed by atoms with van der Waals surface area (Å²) in [4.78, 5) is 21.7. The van der Waals surface area contributed by atoms with Crippen LogP contribution in [0.25, 0.3) is 0 Å². The highest BCUT2D eigenvalue weighted by atomic mass is 32.2. The molecule has 0 bridgehead atoms. The molecule has 8 nitrogen and oxygen atoms in total. The van der Waals surface area contributed by atoms with E-state index in [1.165, 1.54) is 0 Å². The number of hydrogen-bond acceptors (Lipinski definition) is 6. The smallest absolute Gasteiger partial charge is 0.412 e. The van der Waals surface area contributed by atoms with Crippen LogP contribution in [0, 0.1) is 0 Å². The van der Waals surface area contributed by atoms with E-state index in [0.717, 1.165) is 0 Å². The molecule has 128 valence electrons. The van der Waals surface area contributed by atoms with Crippen LogP contribution in [0.15, 0.2) is 12.7 Å². The van der Waals surface area contributed by atoms with Crippen molar-refractivity contribution in [3.05, 3.63) is 12.7 Å². The molecule has 0 aliphatic rings. The van der Waals surface area contributed by atoms with Gasteiger partial charge >= 0.3 is 39.2 Å². The summed E-state index contributed by atoms with van der Waals surface area (Å²) >= 11 is 0. The monoisotopic (exact) mass is 357 g/mol. The summed E-state index contributed by atoms with van der Waals surface area (Å²) in [5.41, 5.74) is 4.35. The van der Waals surface area contributed by atoms with E-state index in [1.807, 2.05) is 0 Å². The molecule has 0 fully saturated rings. The van der Waals surface area contributed by atoms with Gasteiger partial charge in [-0.2, -0.15) is 30.4 Å². The number of hydrogen-bond donors (Lipinski definition) is 2. The number of alkyl halides is 5. The van der Waals surface area contributed by atoms with Crippen LogP contribution in [-0.4, -0.2) is 48.7 Å². The first-order valence-corrected chi connectivity index (χ1v) is 6.25. The Hall–Kier alpha value is -1.80. The van der Waals surface area contributed by atoms with E-state index in [-0.39, 0.29) is 6.08 Å². The number of carbonyl (C=O) groups is 2. The molecular weight excluding hydrogens is 349 g/mol. The lowest BCUT2D eigenvalue weighted by atomic mass is 10.2. The second-order valence-corrected chi connectivity index (χ2v) is 5.05. The van der Waals surface area contributed by atoms with Gasteiger partial charge in [0.25, 0.3) is 0 Å². The Kier molecular flexibility index (Phi) is 5.63. The molecule has 1 amide bonds. The Morgan fingerprint density at radius 2 is 1.68 bits per heavy atom. The highest BCUT2D eigenvalue weighted by Gasteiger charge is 2.66. The molecule has 14 heteroatoms. The summed E-state index contributed by atoms with van der Waals surface area (Å²) in [6.07, 6.45) is -5.81. The van der Waals surface area contributed by atoms with E-state index in [1.54, 1.807) is 0 Å². The molecule has 1 unspecified atom stereocenters. The maximum atomic E-state index is 12.9. The van der Waals surface area contributed by atoms with Gasteiger partial charge in [0, 0.05) is 6.08 Å². The molecule has 0 saturated carbocycles. The molecule has 0 aliphatic carbocycles. The molecule has 22 heavy (non-hydrogen) atoms. The summed E-state index contributed by atoms with van der Waals surface area (Å²) in [5.74, 6) is -9.19. The number of ether oxygens (including phenoxy) is 2. The molecule has 0 aromatic carbocycles. The second kappa shape index (κ2) is 6.13. The minimum absolute atomic E-state index is 0.133. The van der Waals surface area contributed by atoms with E-state index in [0.29, 0.717) is 0 Å². The van der Waals surface area contributed by atoms with Crippen LogP contribution in [0.1, 0.15) is 0 Å². The number of amides is 1. The average molecular weight is 357 g/mol. The molecule has 0 heterocycles. The van der Waals surface area contributed by atoms with Crippen LogP contribution in [0.5, 0.6) is 0 Å². The third kappa shape index (κ3) is 4.11. The van der Waals surface area contributed by atoms with Gasteiger partial charge in [-0.15, -0.1) is 0 Å². The third-order valence-electron chi connectivity index (χ3n) is 1.93. The van der Waals surface area contributed by atoms with Gasteiger partial charge in [0.2, 0.25) is 0 Å². The average Bonchev–Trinajstić information content (AvgIpc) is 2.30. The number of nitrogens with two attached hydrogens (primary N) is 1. The van der Waals surface area contributed by atoms with Crippen molar-refractivity contribution >= 4 is 22.0 Å². The quantitative estimate of drug-likeness (QED) is 0.215. The molecule has 1 atom stereocenters. The summed E-state index contributed by atoms with van der Waals surface area (Å²) in [7, 11) is -6.17. The van der Waals surface area contributed by atoms with Crippen molar-refractivity contribution in [3.8, 4) is 0 Å². The largest absolute Gasteiger partial charge is 0.466 e. The molecule has 3 N–H and O–H groups in total. The number of primary amides is 1. The van der Waals surface area contributed by atoms with Gasteiger partial charge in [-0.1, -0.05) is 6.58 Å². The van der Waals surface area contributed by atoms with Crippen LogP contribution in [0.2, 0.25) is 0 Å². The van der Waals surface area contributed by atoms with Gasteiger partial charge in [-0.05, 0) is 0 Å².